The highest BCUT2D eigenvalue weighted by atomic mass is 14.7. The minimum absolute atomic E-state index is 0.445. The largest absolute Gasteiger partial charge is 0.328 e. The van der Waals surface area contributed by atoms with E-state index in [-0.39, 0.29) is 0 Å². The van der Waals surface area contributed by atoms with Crippen molar-refractivity contribution in [3.05, 3.63) is 34.4 Å². The van der Waals surface area contributed by atoms with Crippen molar-refractivity contribution >= 4 is 0 Å². The second-order valence-electron chi connectivity index (χ2n) is 4.72. The van der Waals surface area contributed by atoms with Gasteiger partial charge in [-0.1, -0.05) is 12.1 Å². The highest BCUT2D eigenvalue weighted by molar-refractivity contribution is 5.39. The van der Waals surface area contributed by atoms with Crippen molar-refractivity contribution in [2.24, 2.45) is 5.73 Å². The van der Waals surface area contributed by atoms with Crippen LogP contribution >= 0.6 is 0 Å². The van der Waals surface area contributed by atoms with E-state index in [9.17, 15) is 0 Å². The minimum atomic E-state index is 0.445. The molecule has 14 heavy (non-hydrogen) atoms. The number of benzene rings is 1. The number of nitrogens with two attached hydrogens (primary N) is 1. The molecule has 1 heteroatoms. The Bertz CT molecular complexity index is 348. The zero-order valence-electron chi connectivity index (χ0n) is 9.30. The van der Waals surface area contributed by atoms with E-state index in [2.05, 4.69) is 32.9 Å². The lowest BCUT2D eigenvalue weighted by molar-refractivity contribution is 0.350. The van der Waals surface area contributed by atoms with Crippen molar-refractivity contribution in [1.82, 2.24) is 0 Å². The summed E-state index contributed by atoms with van der Waals surface area (Å²) in [6.07, 6.45) is 2.34. The van der Waals surface area contributed by atoms with Gasteiger partial charge in [-0.2, -0.15) is 0 Å². The Morgan fingerprint density at radius 1 is 1.00 bits per heavy atom. The Morgan fingerprint density at radius 2 is 1.57 bits per heavy atom. The van der Waals surface area contributed by atoms with Gasteiger partial charge in [-0.25, -0.2) is 0 Å². The molecule has 0 atom stereocenters. The summed E-state index contributed by atoms with van der Waals surface area (Å²) < 4.78 is 0. The maximum Gasteiger partial charge on any atom is 0.00504 e. The van der Waals surface area contributed by atoms with Gasteiger partial charge in [0, 0.05) is 6.04 Å². The first-order chi connectivity index (χ1) is 6.58. The molecule has 0 unspecified atom stereocenters. The number of rotatable bonds is 1. The Kier molecular flexibility index (Phi) is 2.36. The molecule has 1 aromatic rings. The molecule has 0 saturated heterocycles. The molecule has 2 N–H and O–H groups in total. The van der Waals surface area contributed by atoms with Crippen LogP contribution in [0.5, 0.6) is 0 Å². The molecule has 0 radical (unpaired) electrons. The molecule has 1 aliphatic rings. The van der Waals surface area contributed by atoms with Crippen LogP contribution in [0.4, 0.5) is 0 Å². The second kappa shape index (κ2) is 3.39. The molecule has 1 saturated carbocycles. The Hall–Kier alpha value is -0.820. The predicted octanol–water partition coefficient (Wildman–Crippen LogP) is 2.82. The molecule has 1 aliphatic carbocycles. The summed E-state index contributed by atoms with van der Waals surface area (Å²) in [4.78, 5) is 0. The van der Waals surface area contributed by atoms with Crippen molar-refractivity contribution in [3.8, 4) is 0 Å². The van der Waals surface area contributed by atoms with E-state index in [1.807, 2.05) is 0 Å². The third-order valence-corrected chi connectivity index (χ3v) is 3.50. The van der Waals surface area contributed by atoms with Gasteiger partial charge in [0.1, 0.15) is 0 Å². The average Bonchev–Trinajstić information content (AvgIpc) is 2.07. The lowest BCUT2D eigenvalue weighted by atomic mass is 9.74. The Balaban J connectivity index is 2.30. The predicted molar refractivity (Wildman–Crippen MR) is 60.6 cm³/mol. The van der Waals surface area contributed by atoms with Crippen LogP contribution in [-0.4, -0.2) is 6.04 Å². The number of aryl methyl sites for hydroxylation is 3. The highest BCUT2D eigenvalue weighted by Gasteiger charge is 2.28. The third kappa shape index (κ3) is 1.57. The monoisotopic (exact) mass is 189 g/mol. The van der Waals surface area contributed by atoms with Crippen molar-refractivity contribution in [2.75, 3.05) is 0 Å². The number of hydrogen-bond donors (Lipinski definition) is 1. The van der Waals surface area contributed by atoms with Gasteiger partial charge in [-0.05, 0) is 61.8 Å². The van der Waals surface area contributed by atoms with Gasteiger partial charge in [0.2, 0.25) is 0 Å². The molecule has 0 bridgehead atoms. The van der Waals surface area contributed by atoms with E-state index in [1.54, 1.807) is 0 Å². The third-order valence-electron chi connectivity index (χ3n) is 3.50. The zero-order valence-corrected chi connectivity index (χ0v) is 9.30. The first-order valence-electron chi connectivity index (χ1n) is 5.41. The van der Waals surface area contributed by atoms with Crippen LogP contribution in [0.1, 0.15) is 41.0 Å². The molecule has 1 fully saturated rings. The molecular weight excluding hydrogens is 170 g/mol. The molecule has 0 heterocycles. The Morgan fingerprint density at radius 3 is 2.14 bits per heavy atom. The van der Waals surface area contributed by atoms with Gasteiger partial charge < -0.3 is 5.73 Å². The van der Waals surface area contributed by atoms with Crippen molar-refractivity contribution in [2.45, 2.75) is 45.6 Å². The SMILES string of the molecule is Cc1cc(C)c(C2CC(N)C2)cc1C. The van der Waals surface area contributed by atoms with E-state index >= 15 is 0 Å². The van der Waals surface area contributed by atoms with Gasteiger partial charge in [0.25, 0.3) is 0 Å². The summed E-state index contributed by atoms with van der Waals surface area (Å²) >= 11 is 0. The molecule has 0 spiro atoms. The molecule has 0 aliphatic heterocycles. The lowest BCUT2D eigenvalue weighted by Crippen LogP contribution is -2.35. The summed E-state index contributed by atoms with van der Waals surface area (Å²) in [5.41, 5.74) is 11.6. The van der Waals surface area contributed by atoms with E-state index < -0.39 is 0 Å². The first kappa shape index (κ1) is 9.72. The summed E-state index contributed by atoms with van der Waals surface area (Å²) in [6, 6.07) is 5.09. The van der Waals surface area contributed by atoms with Gasteiger partial charge in [-0.15, -0.1) is 0 Å². The molecule has 1 aromatic carbocycles. The van der Waals surface area contributed by atoms with E-state index in [0.29, 0.717) is 6.04 Å². The quantitative estimate of drug-likeness (QED) is 0.722. The van der Waals surface area contributed by atoms with Gasteiger partial charge >= 0.3 is 0 Å². The summed E-state index contributed by atoms with van der Waals surface area (Å²) in [7, 11) is 0. The van der Waals surface area contributed by atoms with Crippen LogP contribution in [-0.2, 0) is 0 Å². The van der Waals surface area contributed by atoms with Gasteiger partial charge in [0.05, 0.1) is 0 Å². The van der Waals surface area contributed by atoms with E-state index in [1.165, 1.54) is 35.1 Å². The van der Waals surface area contributed by atoms with Crippen LogP contribution in [0, 0.1) is 20.8 Å². The fourth-order valence-electron chi connectivity index (χ4n) is 2.34. The average molecular weight is 189 g/mol. The molecule has 0 amide bonds. The molecule has 2 rings (SSSR count). The summed E-state index contributed by atoms with van der Waals surface area (Å²) in [5.74, 6) is 0.726. The summed E-state index contributed by atoms with van der Waals surface area (Å²) in [5, 5.41) is 0. The van der Waals surface area contributed by atoms with Crippen LogP contribution in [0.2, 0.25) is 0 Å². The smallest absolute Gasteiger partial charge is 0.00504 e. The normalized spacial score (nSPS) is 26.0. The molecule has 1 nitrogen and oxygen atoms in total. The molecule has 0 aromatic heterocycles. The first-order valence-corrected chi connectivity index (χ1v) is 5.41. The van der Waals surface area contributed by atoms with Crippen LogP contribution in [0.25, 0.3) is 0 Å². The number of hydrogen-bond acceptors (Lipinski definition) is 1. The standard InChI is InChI=1S/C13H19N/c1-8-4-10(3)13(5-9(8)2)11-6-12(14)7-11/h4-5,11-12H,6-7,14H2,1-3H3. The fourth-order valence-corrected chi connectivity index (χ4v) is 2.34. The molecule has 76 valence electrons. The summed E-state index contributed by atoms with van der Waals surface area (Å²) in [6.45, 7) is 6.58. The highest BCUT2D eigenvalue weighted by Crippen LogP contribution is 2.37. The van der Waals surface area contributed by atoms with Crippen molar-refractivity contribution in [1.29, 1.82) is 0 Å². The maximum absolute atomic E-state index is 5.82. The fraction of sp³-hybridized carbons (Fsp3) is 0.538. The lowest BCUT2D eigenvalue weighted by Gasteiger charge is -2.34. The van der Waals surface area contributed by atoms with Crippen molar-refractivity contribution < 1.29 is 0 Å². The van der Waals surface area contributed by atoms with Crippen molar-refractivity contribution in [3.63, 3.8) is 0 Å². The van der Waals surface area contributed by atoms with Gasteiger partial charge in [-0.3, -0.25) is 0 Å². The minimum Gasteiger partial charge on any atom is -0.328 e. The van der Waals surface area contributed by atoms with E-state index in [4.69, 9.17) is 5.73 Å². The molecular formula is C13H19N. The maximum atomic E-state index is 5.82. The Labute approximate surface area is 86.3 Å². The van der Waals surface area contributed by atoms with E-state index in [0.717, 1.165) is 5.92 Å². The zero-order chi connectivity index (χ0) is 10.3. The van der Waals surface area contributed by atoms with Crippen LogP contribution in [0.3, 0.4) is 0 Å². The van der Waals surface area contributed by atoms with Crippen LogP contribution in [0.15, 0.2) is 12.1 Å². The van der Waals surface area contributed by atoms with Crippen LogP contribution < -0.4 is 5.73 Å². The topological polar surface area (TPSA) is 26.0 Å². The van der Waals surface area contributed by atoms with Gasteiger partial charge in [0.15, 0.2) is 0 Å². The second-order valence-corrected chi connectivity index (χ2v) is 4.72.